The van der Waals surface area contributed by atoms with Crippen molar-refractivity contribution in [3.8, 4) is 0 Å². The average Bonchev–Trinajstić information content (AvgIpc) is 2.78. The zero-order valence-corrected chi connectivity index (χ0v) is 10.6. The van der Waals surface area contributed by atoms with Gasteiger partial charge in [0, 0.05) is 19.6 Å². The molecular weight excluding hydrogens is 215 g/mol. The van der Waals surface area contributed by atoms with E-state index in [4.69, 9.17) is 5.73 Å². The van der Waals surface area contributed by atoms with Crippen LogP contribution in [-0.2, 0) is 6.54 Å². The Bertz CT molecular complexity index is 390. The second kappa shape index (κ2) is 5.05. The molecule has 3 heteroatoms. The van der Waals surface area contributed by atoms with E-state index in [1.165, 1.54) is 0 Å². The predicted molar refractivity (Wildman–Crippen MR) is 69.4 cm³/mol. The van der Waals surface area contributed by atoms with Gasteiger partial charge < -0.3 is 10.6 Å². The molecule has 2 rings (SSSR count). The first-order valence-corrected chi connectivity index (χ1v) is 6.35. The monoisotopic (exact) mass is 236 g/mol. The number of anilines is 1. The Morgan fingerprint density at radius 2 is 2.24 bits per heavy atom. The van der Waals surface area contributed by atoms with Gasteiger partial charge in [0.05, 0.1) is 5.69 Å². The summed E-state index contributed by atoms with van der Waals surface area (Å²) in [4.78, 5) is 2.15. The molecule has 1 aliphatic rings. The van der Waals surface area contributed by atoms with Gasteiger partial charge in [-0.15, -0.1) is 0 Å². The molecule has 17 heavy (non-hydrogen) atoms. The van der Waals surface area contributed by atoms with Gasteiger partial charge in [-0.2, -0.15) is 0 Å². The van der Waals surface area contributed by atoms with Crippen molar-refractivity contribution in [3.05, 3.63) is 29.6 Å². The molecule has 94 valence electrons. The fourth-order valence-electron chi connectivity index (χ4n) is 2.48. The molecule has 0 spiro atoms. The van der Waals surface area contributed by atoms with Crippen molar-refractivity contribution in [1.82, 2.24) is 0 Å². The first-order chi connectivity index (χ1) is 8.11. The van der Waals surface area contributed by atoms with E-state index in [0.29, 0.717) is 18.4 Å². The van der Waals surface area contributed by atoms with Gasteiger partial charge in [0.1, 0.15) is 5.82 Å². The molecule has 0 aliphatic carbocycles. The van der Waals surface area contributed by atoms with Crippen LogP contribution in [0.3, 0.4) is 0 Å². The number of nitrogens with two attached hydrogens (primary N) is 1. The van der Waals surface area contributed by atoms with Crippen LogP contribution in [0.2, 0.25) is 0 Å². The molecule has 1 aromatic carbocycles. The Labute approximate surface area is 103 Å². The van der Waals surface area contributed by atoms with E-state index in [2.05, 4.69) is 18.7 Å². The smallest absolute Gasteiger partial charge is 0.146 e. The van der Waals surface area contributed by atoms with Crippen molar-refractivity contribution in [3.63, 3.8) is 0 Å². The van der Waals surface area contributed by atoms with E-state index in [9.17, 15) is 4.39 Å². The minimum Gasteiger partial charge on any atom is -0.369 e. The lowest BCUT2D eigenvalue weighted by molar-refractivity contribution is 0.422. The molecule has 1 heterocycles. The number of hydrogen-bond acceptors (Lipinski definition) is 2. The van der Waals surface area contributed by atoms with Crippen molar-refractivity contribution in [2.45, 2.75) is 26.8 Å². The molecule has 0 amide bonds. The third-order valence-electron chi connectivity index (χ3n) is 3.76. The van der Waals surface area contributed by atoms with Gasteiger partial charge in [-0.3, -0.25) is 0 Å². The second-order valence-electron chi connectivity index (χ2n) is 5.23. The highest BCUT2D eigenvalue weighted by Crippen LogP contribution is 2.30. The van der Waals surface area contributed by atoms with E-state index >= 15 is 0 Å². The molecule has 1 unspecified atom stereocenters. The summed E-state index contributed by atoms with van der Waals surface area (Å²) >= 11 is 0. The molecule has 1 atom stereocenters. The highest BCUT2D eigenvalue weighted by atomic mass is 19.1. The van der Waals surface area contributed by atoms with Crippen LogP contribution in [0.5, 0.6) is 0 Å². The van der Waals surface area contributed by atoms with Gasteiger partial charge in [0.15, 0.2) is 0 Å². The van der Waals surface area contributed by atoms with Gasteiger partial charge in [-0.25, -0.2) is 4.39 Å². The van der Waals surface area contributed by atoms with E-state index in [1.807, 2.05) is 12.1 Å². The SMILES string of the molecule is CC(C)C1CCN(c2ccc(CN)cc2F)C1. The van der Waals surface area contributed by atoms with Gasteiger partial charge in [-0.1, -0.05) is 19.9 Å². The normalized spacial score (nSPS) is 20.3. The maximum absolute atomic E-state index is 13.9. The zero-order chi connectivity index (χ0) is 12.4. The maximum atomic E-state index is 13.9. The Morgan fingerprint density at radius 1 is 1.47 bits per heavy atom. The summed E-state index contributed by atoms with van der Waals surface area (Å²) in [5.41, 5.74) is 7.08. The molecule has 0 saturated carbocycles. The molecule has 1 aromatic rings. The fraction of sp³-hybridized carbons (Fsp3) is 0.571. The van der Waals surface area contributed by atoms with E-state index in [0.717, 1.165) is 30.8 Å². The largest absolute Gasteiger partial charge is 0.369 e. The summed E-state index contributed by atoms with van der Waals surface area (Å²) in [6, 6.07) is 5.33. The van der Waals surface area contributed by atoms with Crippen LogP contribution in [0.25, 0.3) is 0 Å². The third-order valence-corrected chi connectivity index (χ3v) is 3.76. The van der Waals surface area contributed by atoms with Crippen LogP contribution in [0.4, 0.5) is 10.1 Å². The molecule has 1 aliphatic heterocycles. The topological polar surface area (TPSA) is 29.3 Å². The van der Waals surface area contributed by atoms with Crippen molar-refractivity contribution in [2.75, 3.05) is 18.0 Å². The molecule has 1 fully saturated rings. The minimum absolute atomic E-state index is 0.141. The summed E-state index contributed by atoms with van der Waals surface area (Å²) in [6.45, 7) is 6.80. The molecule has 0 aromatic heterocycles. The first kappa shape index (κ1) is 12.4. The lowest BCUT2D eigenvalue weighted by Crippen LogP contribution is -2.22. The van der Waals surface area contributed by atoms with Gasteiger partial charge in [-0.05, 0) is 36.0 Å². The predicted octanol–water partition coefficient (Wildman–Crippen LogP) is 2.77. The van der Waals surface area contributed by atoms with Crippen molar-refractivity contribution in [2.24, 2.45) is 17.6 Å². The third kappa shape index (κ3) is 2.60. The highest BCUT2D eigenvalue weighted by Gasteiger charge is 2.26. The molecule has 0 radical (unpaired) electrons. The Kier molecular flexibility index (Phi) is 3.67. The Hall–Kier alpha value is -1.09. The summed E-state index contributed by atoms with van der Waals surface area (Å²) < 4.78 is 13.9. The second-order valence-corrected chi connectivity index (χ2v) is 5.23. The fourth-order valence-corrected chi connectivity index (χ4v) is 2.48. The van der Waals surface area contributed by atoms with Crippen LogP contribution in [0.15, 0.2) is 18.2 Å². The molecule has 1 saturated heterocycles. The standard InChI is InChI=1S/C14H21FN2/c1-10(2)12-5-6-17(9-12)14-4-3-11(8-16)7-13(14)15/h3-4,7,10,12H,5-6,8-9,16H2,1-2H3. The summed E-state index contributed by atoms with van der Waals surface area (Å²) in [6.07, 6.45) is 1.16. The van der Waals surface area contributed by atoms with Crippen LogP contribution >= 0.6 is 0 Å². The molecule has 0 bridgehead atoms. The van der Waals surface area contributed by atoms with E-state index in [-0.39, 0.29) is 5.82 Å². The van der Waals surface area contributed by atoms with Crippen molar-refractivity contribution in [1.29, 1.82) is 0 Å². The van der Waals surface area contributed by atoms with Crippen LogP contribution < -0.4 is 10.6 Å². The zero-order valence-electron chi connectivity index (χ0n) is 10.6. The lowest BCUT2D eigenvalue weighted by Gasteiger charge is -2.21. The van der Waals surface area contributed by atoms with E-state index in [1.54, 1.807) is 6.07 Å². The van der Waals surface area contributed by atoms with Gasteiger partial charge in [0.2, 0.25) is 0 Å². The molecule has 2 nitrogen and oxygen atoms in total. The van der Waals surface area contributed by atoms with Crippen LogP contribution in [-0.4, -0.2) is 13.1 Å². The summed E-state index contributed by atoms with van der Waals surface area (Å²) in [5.74, 6) is 1.22. The highest BCUT2D eigenvalue weighted by molar-refractivity contribution is 5.50. The summed E-state index contributed by atoms with van der Waals surface area (Å²) in [5, 5.41) is 0. The molecule has 2 N–H and O–H groups in total. The number of rotatable bonds is 3. The van der Waals surface area contributed by atoms with Crippen LogP contribution in [0, 0.1) is 17.7 Å². The lowest BCUT2D eigenvalue weighted by atomic mass is 9.95. The number of halogens is 1. The average molecular weight is 236 g/mol. The molecular formula is C14H21FN2. The van der Waals surface area contributed by atoms with Crippen molar-refractivity contribution < 1.29 is 4.39 Å². The summed E-state index contributed by atoms with van der Waals surface area (Å²) in [7, 11) is 0. The van der Waals surface area contributed by atoms with Crippen LogP contribution in [0.1, 0.15) is 25.8 Å². The Balaban J connectivity index is 2.13. The van der Waals surface area contributed by atoms with Crippen molar-refractivity contribution >= 4 is 5.69 Å². The van der Waals surface area contributed by atoms with E-state index < -0.39 is 0 Å². The number of nitrogens with zero attached hydrogens (tertiary/aromatic N) is 1. The number of hydrogen-bond donors (Lipinski definition) is 1. The van der Waals surface area contributed by atoms with Gasteiger partial charge in [0.25, 0.3) is 0 Å². The number of benzene rings is 1. The van der Waals surface area contributed by atoms with Gasteiger partial charge >= 0.3 is 0 Å². The quantitative estimate of drug-likeness (QED) is 0.874. The minimum atomic E-state index is -0.141. The maximum Gasteiger partial charge on any atom is 0.146 e. The first-order valence-electron chi connectivity index (χ1n) is 6.35. The Morgan fingerprint density at radius 3 is 2.76 bits per heavy atom.